The smallest absolute Gasteiger partial charge is 0.224 e. The van der Waals surface area contributed by atoms with E-state index in [1.807, 2.05) is 32.4 Å². The van der Waals surface area contributed by atoms with Gasteiger partial charge in [0.25, 0.3) is 0 Å². The molecule has 0 saturated carbocycles. The molecule has 1 heterocycles. The normalized spacial score (nSPS) is 14.3. The van der Waals surface area contributed by atoms with Crippen LogP contribution in [0.2, 0.25) is 0 Å². The first kappa shape index (κ1) is 15.2. The van der Waals surface area contributed by atoms with E-state index in [2.05, 4.69) is 33.3 Å². The Kier molecular flexibility index (Phi) is 5.38. The molecule has 18 heavy (non-hydrogen) atoms. The Hall–Kier alpha value is -0.840. The molecule has 4 nitrogen and oxygen atoms in total. The number of rotatable bonds is 5. The van der Waals surface area contributed by atoms with Crippen molar-refractivity contribution in [1.29, 1.82) is 0 Å². The van der Waals surface area contributed by atoms with Gasteiger partial charge in [0.05, 0.1) is 22.6 Å². The van der Waals surface area contributed by atoms with Crippen LogP contribution < -0.4 is 5.32 Å². The van der Waals surface area contributed by atoms with Gasteiger partial charge in [0.1, 0.15) is 0 Å². The number of hydrogen-bond donors (Lipinski definition) is 1. The summed E-state index contributed by atoms with van der Waals surface area (Å²) in [5, 5.41) is 7.42. The van der Waals surface area contributed by atoms with Gasteiger partial charge >= 0.3 is 0 Å². The van der Waals surface area contributed by atoms with E-state index in [0.717, 1.165) is 22.3 Å². The lowest BCUT2D eigenvalue weighted by molar-refractivity contribution is -0.125. The second-order valence-electron chi connectivity index (χ2n) is 4.89. The van der Waals surface area contributed by atoms with Gasteiger partial charge in [-0.1, -0.05) is 13.8 Å². The lowest BCUT2D eigenvalue weighted by Crippen LogP contribution is -2.37. The summed E-state index contributed by atoms with van der Waals surface area (Å²) in [5.41, 5.74) is 2.03. The van der Waals surface area contributed by atoms with Crippen molar-refractivity contribution in [3.63, 3.8) is 0 Å². The van der Waals surface area contributed by atoms with Gasteiger partial charge in [-0.15, -0.1) is 0 Å². The Bertz CT molecular complexity index is 428. The van der Waals surface area contributed by atoms with E-state index in [4.69, 9.17) is 0 Å². The van der Waals surface area contributed by atoms with Crippen molar-refractivity contribution < 1.29 is 4.79 Å². The fourth-order valence-electron chi connectivity index (χ4n) is 1.68. The van der Waals surface area contributed by atoms with Crippen LogP contribution in [0.15, 0.2) is 4.47 Å². The lowest BCUT2D eigenvalue weighted by Gasteiger charge is -2.16. The maximum atomic E-state index is 12.0. The Morgan fingerprint density at radius 1 is 1.44 bits per heavy atom. The van der Waals surface area contributed by atoms with E-state index < -0.39 is 0 Å². The molecular formula is C13H22BrN3O. The molecule has 0 saturated heterocycles. The SMILES string of the molecule is CCC(C)NC(=O)C(C)Cn1nc(C)c(Br)c1C. The number of nitrogens with one attached hydrogen (secondary N) is 1. The average molecular weight is 316 g/mol. The molecule has 1 amide bonds. The molecule has 0 radical (unpaired) electrons. The van der Waals surface area contributed by atoms with Crippen LogP contribution in [0, 0.1) is 19.8 Å². The van der Waals surface area contributed by atoms with Crippen molar-refractivity contribution in [1.82, 2.24) is 15.1 Å². The van der Waals surface area contributed by atoms with Gasteiger partial charge in [-0.3, -0.25) is 9.48 Å². The first-order chi connectivity index (χ1) is 8.36. The first-order valence-electron chi connectivity index (χ1n) is 6.36. The van der Waals surface area contributed by atoms with Gasteiger partial charge in [0, 0.05) is 11.7 Å². The van der Waals surface area contributed by atoms with Crippen LogP contribution in [0.5, 0.6) is 0 Å². The van der Waals surface area contributed by atoms with Crippen LogP contribution in [-0.4, -0.2) is 21.7 Å². The third-order valence-electron chi connectivity index (χ3n) is 3.19. The van der Waals surface area contributed by atoms with Crippen LogP contribution in [0.25, 0.3) is 0 Å². The van der Waals surface area contributed by atoms with Crippen molar-refractivity contribution >= 4 is 21.8 Å². The number of amides is 1. The molecule has 0 aliphatic rings. The van der Waals surface area contributed by atoms with Crippen molar-refractivity contribution in [3.05, 3.63) is 15.9 Å². The number of nitrogens with zero attached hydrogens (tertiary/aromatic N) is 2. The molecule has 0 aromatic carbocycles. The highest BCUT2D eigenvalue weighted by Gasteiger charge is 2.18. The number of halogens is 1. The molecule has 102 valence electrons. The Balaban J connectivity index is 2.66. The second kappa shape index (κ2) is 6.36. The number of aryl methyl sites for hydroxylation is 1. The quantitative estimate of drug-likeness (QED) is 0.908. The number of hydrogen-bond acceptors (Lipinski definition) is 2. The molecule has 5 heteroatoms. The van der Waals surface area contributed by atoms with Crippen LogP contribution in [0.4, 0.5) is 0 Å². The lowest BCUT2D eigenvalue weighted by atomic mass is 10.1. The van der Waals surface area contributed by atoms with E-state index in [9.17, 15) is 4.79 Å². The van der Waals surface area contributed by atoms with E-state index in [1.165, 1.54) is 0 Å². The zero-order valence-corrected chi connectivity index (χ0v) is 13.3. The van der Waals surface area contributed by atoms with E-state index in [1.54, 1.807) is 0 Å². The summed E-state index contributed by atoms with van der Waals surface area (Å²) in [7, 11) is 0. The van der Waals surface area contributed by atoms with Crippen molar-refractivity contribution in [2.75, 3.05) is 0 Å². The predicted octanol–water partition coefficient (Wildman–Crippen LogP) is 2.81. The minimum Gasteiger partial charge on any atom is -0.353 e. The maximum absolute atomic E-state index is 12.0. The second-order valence-corrected chi connectivity index (χ2v) is 5.68. The molecular weight excluding hydrogens is 294 g/mol. The standard InChI is InChI=1S/C13H22BrN3O/c1-6-9(3)15-13(18)8(2)7-17-11(5)12(14)10(4)16-17/h8-9H,6-7H2,1-5H3,(H,15,18). The van der Waals surface area contributed by atoms with Gasteiger partial charge < -0.3 is 5.32 Å². The largest absolute Gasteiger partial charge is 0.353 e. The molecule has 0 fully saturated rings. The zero-order chi connectivity index (χ0) is 13.9. The molecule has 0 aliphatic heterocycles. The highest BCUT2D eigenvalue weighted by molar-refractivity contribution is 9.10. The summed E-state index contributed by atoms with van der Waals surface area (Å²) in [6, 6.07) is 0.229. The molecule has 0 spiro atoms. The molecule has 1 aromatic rings. The predicted molar refractivity (Wildman–Crippen MR) is 76.5 cm³/mol. The molecule has 1 N–H and O–H groups in total. The minimum absolute atomic E-state index is 0.0797. The summed E-state index contributed by atoms with van der Waals surface area (Å²) >= 11 is 3.49. The van der Waals surface area contributed by atoms with Crippen molar-refractivity contribution in [2.24, 2.45) is 5.92 Å². The van der Waals surface area contributed by atoms with Crippen LogP contribution in [0.3, 0.4) is 0 Å². The third-order valence-corrected chi connectivity index (χ3v) is 4.34. The van der Waals surface area contributed by atoms with E-state index >= 15 is 0 Å². The van der Waals surface area contributed by atoms with E-state index in [-0.39, 0.29) is 17.9 Å². The molecule has 0 bridgehead atoms. The fraction of sp³-hybridized carbons (Fsp3) is 0.692. The average Bonchev–Trinajstić information content (AvgIpc) is 2.56. The number of aromatic nitrogens is 2. The Labute approximate surface area is 117 Å². The monoisotopic (exact) mass is 315 g/mol. The van der Waals surface area contributed by atoms with Gasteiger partial charge in [0.2, 0.25) is 5.91 Å². The molecule has 2 unspecified atom stereocenters. The zero-order valence-electron chi connectivity index (χ0n) is 11.7. The minimum atomic E-state index is -0.0797. The van der Waals surface area contributed by atoms with Crippen LogP contribution in [-0.2, 0) is 11.3 Å². The summed E-state index contributed by atoms with van der Waals surface area (Å²) in [6.45, 7) is 10.6. The van der Waals surface area contributed by atoms with Crippen LogP contribution >= 0.6 is 15.9 Å². The molecule has 2 atom stereocenters. The van der Waals surface area contributed by atoms with Gasteiger partial charge in [-0.05, 0) is 43.1 Å². The summed E-state index contributed by atoms with van der Waals surface area (Å²) in [4.78, 5) is 12.0. The maximum Gasteiger partial charge on any atom is 0.224 e. The van der Waals surface area contributed by atoms with Gasteiger partial charge in [-0.2, -0.15) is 5.10 Å². The Morgan fingerprint density at radius 2 is 2.06 bits per heavy atom. The van der Waals surface area contributed by atoms with Crippen molar-refractivity contribution in [3.8, 4) is 0 Å². The molecule has 1 rings (SSSR count). The highest BCUT2D eigenvalue weighted by atomic mass is 79.9. The summed E-state index contributed by atoms with van der Waals surface area (Å²) in [5.74, 6) is 0.0110. The van der Waals surface area contributed by atoms with Gasteiger partial charge in [0.15, 0.2) is 0 Å². The van der Waals surface area contributed by atoms with Gasteiger partial charge in [-0.25, -0.2) is 0 Å². The number of carbonyl (C=O) groups excluding carboxylic acids is 1. The number of carbonyl (C=O) groups is 1. The molecule has 0 aliphatic carbocycles. The van der Waals surface area contributed by atoms with E-state index in [0.29, 0.717) is 6.54 Å². The molecule has 1 aromatic heterocycles. The topological polar surface area (TPSA) is 46.9 Å². The Morgan fingerprint density at radius 3 is 2.50 bits per heavy atom. The highest BCUT2D eigenvalue weighted by Crippen LogP contribution is 2.20. The summed E-state index contributed by atoms with van der Waals surface area (Å²) in [6.07, 6.45) is 0.948. The first-order valence-corrected chi connectivity index (χ1v) is 7.16. The summed E-state index contributed by atoms with van der Waals surface area (Å²) < 4.78 is 2.91. The third kappa shape index (κ3) is 3.57. The fourth-order valence-corrected chi connectivity index (χ4v) is 1.97. The van der Waals surface area contributed by atoms with Crippen LogP contribution in [0.1, 0.15) is 38.6 Å². The van der Waals surface area contributed by atoms with Crippen molar-refractivity contribution in [2.45, 2.75) is 53.6 Å².